The number of ether oxygens (including phenoxy) is 1. The van der Waals surface area contributed by atoms with Crippen molar-refractivity contribution in [2.45, 2.75) is 83.0 Å². The number of carbonyl (C=O) groups excluding carboxylic acids is 1. The van der Waals surface area contributed by atoms with Crippen molar-refractivity contribution in [3.8, 4) is 0 Å². The fraction of sp³-hybridized carbons (Fsp3) is 0.933. The zero-order chi connectivity index (χ0) is 17.4. The van der Waals surface area contributed by atoms with E-state index in [0.29, 0.717) is 6.42 Å². The SMILES string of the molecule is CCCCC(SCCCC(F)(F)C(F)F)C(=O)OC(C)(C)C. The van der Waals surface area contributed by atoms with E-state index in [-0.39, 0.29) is 18.1 Å². The molecular formula is C15H26F4O2S. The van der Waals surface area contributed by atoms with Crippen molar-refractivity contribution in [2.75, 3.05) is 5.75 Å². The zero-order valence-electron chi connectivity index (χ0n) is 13.6. The first-order valence-corrected chi connectivity index (χ1v) is 8.55. The van der Waals surface area contributed by atoms with Crippen LogP contribution in [-0.4, -0.2) is 34.9 Å². The molecule has 0 aromatic heterocycles. The van der Waals surface area contributed by atoms with Gasteiger partial charge >= 0.3 is 18.3 Å². The Morgan fingerprint density at radius 1 is 1.18 bits per heavy atom. The van der Waals surface area contributed by atoms with Crippen molar-refractivity contribution in [1.29, 1.82) is 0 Å². The largest absolute Gasteiger partial charge is 0.459 e. The maximum atomic E-state index is 12.8. The minimum Gasteiger partial charge on any atom is -0.459 e. The molecule has 0 aromatic rings. The molecule has 0 bridgehead atoms. The summed E-state index contributed by atoms with van der Waals surface area (Å²) in [5, 5.41) is -0.431. The Hall–Kier alpha value is -0.460. The first kappa shape index (κ1) is 21.5. The molecule has 1 unspecified atom stereocenters. The molecule has 0 amide bonds. The molecule has 0 fully saturated rings. The van der Waals surface area contributed by atoms with E-state index in [2.05, 4.69) is 0 Å². The van der Waals surface area contributed by atoms with Gasteiger partial charge in [0, 0.05) is 6.42 Å². The van der Waals surface area contributed by atoms with Gasteiger partial charge in [-0.15, -0.1) is 11.8 Å². The van der Waals surface area contributed by atoms with Crippen molar-refractivity contribution in [3.05, 3.63) is 0 Å². The first-order valence-electron chi connectivity index (χ1n) is 7.50. The second-order valence-corrected chi connectivity index (χ2v) is 7.51. The van der Waals surface area contributed by atoms with Crippen LogP contribution in [0.15, 0.2) is 0 Å². The van der Waals surface area contributed by atoms with Crippen LogP contribution < -0.4 is 0 Å². The van der Waals surface area contributed by atoms with Gasteiger partial charge in [0.2, 0.25) is 0 Å². The topological polar surface area (TPSA) is 26.3 Å². The second-order valence-electron chi connectivity index (χ2n) is 6.20. The minimum atomic E-state index is -3.95. The van der Waals surface area contributed by atoms with Crippen molar-refractivity contribution in [2.24, 2.45) is 0 Å². The molecule has 0 saturated carbocycles. The lowest BCUT2D eigenvalue weighted by atomic mass is 10.1. The third-order valence-corrected chi connectivity index (χ3v) is 4.14. The Bertz CT molecular complexity index is 330. The van der Waals surface area contributed by atoms with Crippen molar-refractivity contribution in [1.82, 2.24) is 0 Å². The second kappa shape index (κ2) is 9.63. The van der Waals surface area contributed by atoms with Gasteiger partial charge in [-0.25, -0.2) is 17.6 Å². The number of carbonyl (C=O) groups is 1. The number of hydrogen-bond donors (Lipinski definition) is 0. The van der Waals surface area contributed by atoms with Gasteiger partial charge in [-0.05, 0) is 39.4 Å². The van der Waals surface area contributed by atoms with E-state index < -0.39 is 29.6 Å². The fourth-order valence-corrected chi connectivity index (χ4v) is 2.78. The van der Waals surface area contributed by atoms with Gasteiger partial charge in [-0.2, -0.15) is 0 Å². The van der Waals surface area contributed by atoms with Crippen LogP contribution in [-0.2, 0) is 9.53 Å². The third kappa shape index (κ3) is 9.54. The summed E-state index contributed by atoms with van der Waals surface area (Å²) < 4.78 is 55.0. The van der Waals surface area contributed by atoms with Gasteiger partial charge in [0.05, 0.1) is 0 Å². The van der Waals surface area contributed by atoms with Crippen LogP contribution in [0.2, 0.25) is 0 Å². The van der Waals surface area contributed by atoms with Crippen LogP contribution in [0.1, 0.15) is 59.8 Å². The molecule has 1 atom stereocenters. The van der Waals surface area contributed by atoms with Gasteiger partial charge in [-0.1, -0.05) is 19.8 Å². The van der Waals surface area contributed by atoms with E-state index in [1.807, 2.05) is 6.92 Å². The van der Waals surface area contributed by atoms with Crippen LogP contribution in [0.25, 0.3) is 0 Å². The molecule has 0 aliphatic rings. The monoisotopic (exact) mass is 346 g/mol. The summed E-state index contributed by atoms with van der Waals surface area (Å²) in [4.78, 5) is 12.1. The molecule has 0 aliphatic carbocycles. The number of alkyl halides is 4. The zero-order valence-corrected chi connectivity index (χ0v) is 14.5. The number of esters is 1. The third-order valence-electron chi connectivity index (χ3n) is 2.78. The highest BCUT2D eigenvalue weighted by atomic mass is 32.2. The van der Waals surface area contributed by atoms with Crippen LogP contribution in [0.3, 0.4) is 0 Å². The minimum absolute atomic E-state index is 0.0621. The van der Waals surface area contributed by atoms with Crippen molar-refractivity contribution >= 4 is 17.7 Å². The summed E-state index contributed by atoms with van der Waals surface area (Å²) in [5.74, 6) is -4.09. The summed E-state index contributed by atoms with van der Waals surface area (Å²) in [6.07, 6.45) is -2.24. The average Bonchev–Trinajstić information content (AvgIpc) is 2.35. The molecule has 0 saturated heterocycles. The summed E-state index contributed by atoms with van der Waals surface area (Å²) in [6, 6.07) is 0. The molecule has 0 aromatic carbocycles. The molecule has 7 heteroatoms. The van der Waals surface area contributed by atoms with E-state index >= 15 is 0 Å². The molecule has 2 nitrogen and oxygen atoms in total. The molecule has 0 rings (SSSR count). The molecule has 22 heavy (non-hydrogen) atoms. The Balaban J connectivity index is 4.34. The van der Waals surface area contributed by atoms with E-state index in [9.17, 15) is 22.4 Å². The lowest BCUT2D eigenvalue weighted by Crippen LogP contribution is -2.30. The molecule has 0 aliphatic heterocycles. The van der Waals surface area contributed by atoms with Gasteiger partial charge in [0.1, 0.15) is 10.9 Å². The van der Waals surface area contributed by atoms with E-state index in [1.54, 1.807) is 20.8 Å². The Labute approximate surface area is 134 Å². The van der Waals surface area contributed by atoms with E-state index in [1.165, 1.54) is 11.8 Å². The summed E-state index contributed by atoms with van der Waals surface area (Å²) >= 11 is 1.21. The first-order chi connectivity index (χ1) is 9.99. The highest BCUT2D eigenvalue weighted by molar-refractivity contribution is 8.00. The van der Waals surface area contributed by atoms with Gasteiger partial charge in [0.15, 0.2) is 0 Å². The Morgan fingerprint density at radius 2 is 1.77 bits per heavy atom. The molecule has 0 heterocycles. The Kier molecular flexibility index (Phi) is 9.43. The molecular weight excluding hydrogens is 320 g/mol. The number of hydrogen-bond acceptors (Lipinski definition) is 3. The average molecular weight is 346 g/mol. The van der Waals surface area contributed by atoms with E-state index in [0.717, 1.165) is 12.8 Å². The van der Waals surface area contributed by atoms with Gasteiger partial charge in [-0.3, -0.25) is 4.79 Å². The normalized spacial score (nSPS) is 14.2. The molecule has 0 N–H and O–H groups in total. The maximum absolute atomic E-state index is 12.8. The van der Waals surface area contributed by atoms with Crippen molar-refractivity contribution in [3.63, 3.8) is 0 Å². The highest BCUT2D eigenvalue weighted by Crippen LogP contribution is 2.30. The molecule has 132 valence electrons. The summed E-state index contributed by atoms with van der Waals surface area (Å²) in [6.45, 7) is 7.26. The van der Waals surface area contributed by atoms with Crippen LogP contribution >= 0.6 is 11.8 Å². The fourth-order valence-electron chi connectivity index (χ4n) is 1.67. The maximum Gasteiger partial charge on any atom is 0.319 e. The summed E-state index contributed by atoms with van der Waals surface area (Å²) in [7, 11) is 0. The van der Waals surface area contributed by atoms with Gasteiger partial charge < -0.3 is 4.74 Å². The van der Waals surface area contributed by atoms with Crippen LogP contribution in [0.5, 0.6) is 0 Å². The Morgan fingerprint density at radius 3 is 2.23 bits per heavy atom. The predicted octanol–water partition coefficient (Wildman–Crippen LogP) is 5.30. The number of unbranched alkanes of at least 4 members (excludes halogenated alkanes) is 1. The number of rotatable bonds is 10. The lowest BCUT2D eigenvalue weighted by Gasteiger charge is -2.24. The standard InChI is InChI=1S/C15H26F4O2S/c1-5-6-8-11(12(20)21-14(2,3)4)22-10-7-9-15(18,19)13(16)17/h11,13H,5-10H2,1-4H3. The predicted molar refractivity (Wildman–Crippen MR) is 81.8 cm³/mol. The van der Waals surface area contributed by atoms with Crippen molar-refractivity contribution < 1.29 is 27.1 Å². The quantitative estimate of drug-likeness (QED) is 0.305. The summed E-state index contributed by atoms with van der Waals surface area (Å²) in [5.41, 5.74) is -0.606. The molecule has 0 spiro atoms. The number of thioether (sulfide) groups is 1. The van der Waals surface area contributed by atoms with Gasteiger partial charge in [0.25, 0.3) is 0 Å². The van der Waals surface area contributed by atoms with E-state index in [4.69, 9.17) is 4.74 Å². The number of halogens is 4. The molecule has 0 radical (unpaired) electrons. The van der Waals surface area contributed by atoms with Crippen LogP contribution in [0.4, 0.5) is 17.6 Å². The smallest absolute Gasteiger partial charge is 0.319 e. The highest BCUT2D eigenvalue weighted by Gasteiger charge is 2.39. The lowest BCUT2D eigenvalue weighted by molar-refractivity contribution is -0.154. The van der Waals surface area contributed by atoms with Crippen LogP contribution in [0, 0.1) is 0 Å².